The molecule has 0 saturated carbocycles. The highest BCUT2D eigenvalue weighted by Gasteiger charge is 2.29. The molecule has 0 aliphatic carbocycles. The summed E-state index contributed by atoms with van der Waals surface area (Å²) in [5, 5.41) is 10.3. The van der Waals surface area contributed by atoms with E-state index in [-0.39, 0.29) is 40.4 Å². The lowest BCUT2D eigenvalue weighted by molar-refractivity contribution is -0.136. The van der Waals surface area contributed by atoms with Gasteiger partial charge in [0.15, 0.2) is 11.5 Å². The molecule has 2 aromatic rings. The van der Waals surface area contributed by atoms with Crippen LogP contribution in [0.4, 0.5) is 0 Å². The van der Waals surface area contributed by atoms with Gasteiger partial charge < -0.3 is 18.9 Å². The van der Waals surface area contributed by atoms with Crippen molar-refractivity contribution in [3.63, 3.8) is 0 Å². The van der Waals surface area contributed by atoms with Gasteiger partial charge in [0, 0.05) is 12.3 Å². The molecule has 0 aromatic heterocycles. The van der Waals surface area contributed by atoms with Crippen molar-refractivity contribution < 1.29 is 28.5 Å². The van der Waals surface area contributed by atoms with Gasteiger partial charge in [-0.3, -0.25) is 9.59 Å². The number of benzene rings is 2. The first-order chi connectivity index (χ1) is 13.7. The molecule has 0 unspecified atom stereocenters. The summed E-state index contributed by atoms with van der Waals surface area (Å²) < 4.78 is 21.9. The minimum absolute atomic E-state index is 0.0395. The number of rotatable bonds is 7. The maximum atomic E-state index is 12.6. The molecule has 154 valence electrons. The topological polar surface area (TPSA) is 94.8 Å². The predicted molar refractivity (Wildman–Crippen MR) is 107 cm³/mol. The van der Waals surface area contributed by atoms with Crippen LogP contribution in [0, 0.1) is 16.7 Å². The van der Waals surface area contributed by atoms with Crippen molar-refractivity contribution in [2.75, 3.05) is 14.2 Å². The van der Waals surface area contributed by atoms with Crippen molar-refractivity contribution in [2.24, 2.45) is 5.41 Å². The van der Waals surface area contributed by atoms with Gasteiger partial charge in [0.25, 0.3) is 0 Å². The Bertz CT molecular complexity index is 987. The SMILES string of the molecule is CCC(C)(C)CC(=O)Oc1c(OC)c(OC)c(OC(C)=O)c2c(C#N)cccc12. The lowest BCUT2D eigenvalue weighted by Gasteiger charge is -2.23. The van der Waals surface area contributed by atoms with Crippen LogP contribution in [-0.4, -0.2) is 26.2 Å². The number of hydrogen-bond acceptors (Lipinski definition) is 7. The molecule has 0 N–H and O–H groups in total. The van der Waals surface area contributed by atoms with E-state index in [9.17, 15) is 14.9 Å². The Balaban J connectivity index is 2.80. The van der Waals surface area contributed by atoms with Crippen LogP contribution < -0.4 is 18.9 Å². The molecule has 0 bridgehead atoms. The smallest absolute Gasteiger partial charge is 0.311 e. The molecule has 0 aliphatic rings. The minimum Gasteiger partial charge on any atom is -0.490 e. The van der Waals surface area contributed by atoms with Gasteiger partial charge in [-0.1, -0.05) is 39.3 Å². The van der Waals surface area contributed by atoms with Crippen LogP contribution in [0.5, 0.6) is 23.0 Å². The summed E-state index contributed by atoms with van der Waals surface area (Å²) in [6.45, 7) is 7.19. The molecule has 7 heteroatoms. The highest BCUT2D eigenvalue weighted by Crippen LogP contribution is 2.52. The number of ether oxygens (including phenoxy) is 4. The van der Waals surface area contributed by atoms with E-state index in [1.54, 1.807) is 18.2 Å². The van der Waals surface area contributed by atoms with Gasteiger partial charge in [-0.2, -0.15) is 5.26 Å². The third-order valence-electron chi connectivity index (χ3n) is 4.73. The molecule has 0 radical (unpaired) electrons. The van der Waals surface area contributed by atoms with Gasteiger partial charge in [0.1, 0.15) is 0 Å². The third kappa shape index (κ3) is 4.60. The van der Waals surface area contributed by atoms with Crippen LogP contribution in [0.15, 0.2) is 18.2 Å². The van der Waals surface area contributed by atoms with Gasteiger partial charge in [0.05, 0.1) is 37.7 Å². The minimum atomic E-state index is -0.589. The molecule has 0 amide bonds. The predicted octanol–water partition coefficient (Wildman–Crippen LogP) is 4.39. The van der Waals surface area contributed by atoms with Gasteiger partial charge in [-0.25, -0.2) is 0 Å². The summed E-state index contributed by atoms with van der Waals surface area (Å²) in [5.41, 5.74) is 0.00516. The van der Waals surface area contributed by atoms with E-state index in [4.69, 9.17) is 18.9 Å². The molecule has 0 fully saturated rings. The van der Waals surface area contributed by atoms with Crippen molar-refractivity contribution in [3.05, 3.63) is 23.8 Å². The average molecular weight is 399 g/mol. The number of hydrogen-bond donors (Lipinski definition) is 0. The maximum Gasteiger partial charge on any atom is 0.311 e. The second-order valence-corrected chi connectivity index (χ2v) is 7.33. The zero-order valence-corrected chi connectivity index (χ0v) is 17.5. The van der Waals surface area contributed by atoms with Crippen LogP contribution in [-0.2, 0) is 9.59 Å². The quantitative estimate of drug-likeness (QED) is 0.503. The standard InChI is InChI=1S/C22H25NO6/c1-7-22(3,4)11-16(25)29-18-15-10-8-9-14(12-23)17(15)19(28-13(2)24)21(27-6)20(18)26-5/h8-10H,7,11H2,1-6H3. The molecule has 0 heterocycles. The Labute approximate surface area is 170 Å². The second-order valence-electron chi connectivity index (χ2n) is 7.33. The molecule has 7 nitrogen and oxygen atoms in total. The zero-order valence-electron chi connectivity index (χ0n) is 17.5. The van der Waals surface area contributed by atoms with Crippen molar-refractivity contribution in [3.8, 4) is 29.1 Å². The fourth-order valence-electron chi connectivity index (χ4n) is 2.90. The second kappa shape index (κ2) is 8.82. The molecule has 29 heavy (non-hydrogen) atoms. The molecule has 0 spiro atoms. The van der Waals surface area contributed by atoms with Crippen molar-refractivity contribution in [1.29, 1.82) is 5.26 Å². The van der Waals surface area contributed by atoms with E-state index in [1.165, 1.54) is 21.1 Å². The van der Waals surface area contributed by atoms with Crippen LogP contribution in [0.1, 0.15) is 46.1 Å². The van der Waals surface area contributed by atoms with Gasteiger partial charge in [-0.15, -0.1) is 0 Å². The summed E-state index contributed by atoms with van der Waals surface area (Å²) in [7, 11) is 2.76. The van der Waals surface area contributed by atoms with Crippen molar-refractivity contribution in [2.45, 2.75) is 40.5 Å². The highest BCUT2D eigenvalue weighted by molar-refractivity contribution is 6.04. The molecule has 2 aromatic carbocycles. The Morgan fingerprint density at radius 3 is 2.17 bits per heavy atom. The first-order valence-electron chi connectivity index (χ1n) is 9.18. The van der Waals surface area contributed by atoms with Crippen LogP contribution >= 0.6 is 0 Å². The maximum absolute atomic E-state index is 12.6. The monoisotopic (exact) mass is 399 g/mol. The average Bonchev–Trinajstić information content (AvgIpc) is 2.67. The number of nitrogens with zero attached hydrogens (tertiary/aromatic N) is 1. The van der Waals surface area contributed by atoms with E-state index in [0.717, 1.165) is 6.42 Å². The van der Waals surface area contributed by atoms with E-state index < -0.39 is 11.9 Å². The Hall–Kier alpha value is -3.27. The van der Waals surface area contributed by atoms with Crippen LogP contribution in [0.3, 0.4) is 0 Å². The molecule has 0 aliphatic heterocycles. The van der Waals surface area contributed by atoms with E-state index in [1.807, 2.05) is 20.8 Å². The van der Waals surface area contributed by atoms with Gasteiger partial charge >= 0.3 is 11.9 Å². The van der Waals surface area contributed by atoms with Crippen LogP contribution in [0.25, 0.3) is 10.8 Å². The summed E-state index contributed by atoms with van der Waals surface area (Å²) >= 11 is 0. The highest BCUT2D eigenvalue weighted by atomic mass is 16.6. The molecule has 2 rings (SSSR count). The molecular formula is C22H25NO6. The zero-order chi connectivity index (χ0) is 21.8. The van der Waals surface area contributed by atoms with Crippen LogP contribution in [0.2, 0.25) is 0 Å². The first kappa shape index (κ1) is 22.0. The Kier molecular flexibility index (Phi) is 6.70. The normalized spacial score (nSPS) is 10.9. The molecule has 0 saturated heterocycles. The van der Waals surface area contributed by atoms with Gasteiger partial charge in [-0.05, 0) is 11.5 Å². The fraction of sp³-hybridized carbons (Fsp3) is 0.409. The number of carbonyl (C=O) groups is 2. The summed E-state index contributed by atoms with van der Waals surface area (Å²) in [4.78, 5) is 24.3. The van der Waals surface area contributed by atoms with E-state index >= 15 is 0 Å². The Morgan fingerprint density at radius 2 is 1.66 bits per heavy atom. The van der Waals surface area contributed by atoms with E-state index in [0.29, 0.717) is 10.8 Å². The molecule has 0 atom stereocenters. The fourth-order valence-corrected chi connectivity index (χ4v) is 2.90. The largest absolute Gasteiger partial charge is 0.490 e. The number of methoxy groups -OCH3 is 2. The summed E-state index contributed by atoms with van der Waals surface area (Å²) in [6.07, 6.45) is 0.993. The summed E-state index contributed by atoms with van der Waals surface area (Å²) in [5.74, 6) is -0.707. The molecular weight excluding hydrogens is 374 g/mol. The number of carbonyl (C=O) groups excluding carboxylic acids is 2. The Morgan fingerprint density at radius 1 is 1.03 bits per heavy atom. The number of nitriles is 1. The lowest BCUT2D eigenvalue weighted by atomic mass is 9.87. The lowest BCUT2D eigenvalue weighted by Crippen LogP contribution is -2.20. The van der Waals surface area contributed by atoms with Crippen molar-refractivity contribution in [1.82, 2.24) is 0 Å². The number of fused-ring (bicyclic) bond motifs is 1. The van der Waals surface area contributed by atoms with E-state index in [2.05, 4.69) is 6.07 Å². The van der Waals surface area contributed by atoms with Gasteiger partial charge in [0.2, 0.25) is 11.5 Å². The van der Waals surface area contributed by atoms with Crippen molar-refractivity contribution >= 4 is 22.7 Å². The first-order valence-corrected chi connectivity index (χ1v) is 9.18. The summed E-state index contributed by atoms with van der Waals surface area (Å²) in [6, 6.07) is 6.96. The number of esters is 2. The third-order valence-corrected chi connectivity index (χ3v) is 4.73.